The lowest BCUT2D eigenvalue weighted by atomic mass is 10.1. The molecule has 1 aliphatic carbocycles. The number of hydrogen-bond acceptors (Lipinski definition) is 2. The van der Waals surface area contributed by atoms with E-state index in [2.05, 4.69) is 35.3 Å². The van der Waals surface area contributed by atoms with E-state index >= 15 is 0 Å². The van der Waals surface area contributed by atoms with Crippen LogP contribution in [-0.4, -0.2) is 19.1 Å². The van der Waals surface area contributed by atoms with Gasteiger partial charge < -0.3 is 10.2 Å². The fraction of sp³-hybridized carbons (Fsp3) is 0.571. The molecule has 1 aromatic rings. The molecule has 0 bridgehead atoms. The minimum atomic E-state index is 0.794. The summed E-state index contributed by atoms with van der Waals surface area (Å²) in [5.41, 5.74) is 4.12. The molecular weight excluding hydrogens is 196 g/mol. The van der Waals surface area contributed by atoms with Crippen LogP contribution in [-0.2, 0) is 0 Å². The molecule has 0 aromatic heterocycles. The molecule has 0 atom stereocenters. The number of rotatable bonds is 1. The highest BCUT2D eigenvalue weighted by atomic mass is 15.2. The van der Waals surface area contributed by atoms with E-state index in [1.54, 1.807) is 0 Å². The molecule has 0 saturated heterocycles. The number of hydrogen-bond donors (Lipinski definition) is 1. The van der Waals surface area contributed by atoms with Gasteiger partial charge in [0.05, 0.1) is 11.4 Å². The zero-order valence-electron chi connectivity index (χ0n) is 10.00. The molecule has 0 amide bonds. The molecule has 2 aliphatic rings. The third kappa shape index (κ3) is 1.66. The first-order chi connectivity index (χ1) is 7.84. The Morgan fingerprint density at radius 1 is 1.25 bits per heavy atom. The molecule has 1 N–H and O–H groups in total. The zero-order valence-corrected chi connectivity index (χ0v) is 10.00. The summed E-state index contributed by atoms with van der Waals surface area (Å²) in [6.45, 7) is 4.44. The number of anilines is 2. The Labute approximate surface area is 97.6 Å². The lowest BCUT2D eigenvalue weighted by Gasteiger charge is -2.37. The first-order valence-corrected chi connectivity index (χ1v) is 6.46. The highest BCUT2D eigenvalue weighted by Crippen LogP contribution is 2.35. The molecule has 0 spiro atoms. The average molecular weight is 216 g/mol. The maximum absolute atomic E-state index is 3.50. The second kappa shape index (κ2) is 4.00. The van der Waals surface area contributed by atoms with Gasteiger partial charge in [-0.25, -0.2) is 0 Å². The van der Waals surface area contributed by atoms with Gasteiger partial charge in [0.25, 0.3) is 0 Å². The Balaban J connectivity index is 1.94. The average Bonchev–Trinajstić information content (AvgIpc) is 2.81. The molecule has 1 aliphatic heterocycles. The van der Waals surface area contributed by atoms with Gasteiger partial charge in [0, 0.05) is 19.1 Å². The Kier molecular flexibility index (Phi) is 2.50. The van der Waals surface area contributed by atoms with Crippen molar-refractivity contribution in [3.8, 4) is 0 Å². The topological polar surface area (TPSA) is 15.3 Å². The molecule has 0 radical (unpaired) electrons. The molecular formula is C14H20N2. The summed E-state index contributed by atoms with van der Waals surface area (Å²) >= 11 is 0. The van der Waals surface area contributed by atoms with Gasteiger partial charge in [-0.1, -0.05) is 18.9 Å². The van der Waals surface area contributed by atoms with Crippen LogP contribution in [0.4, 0.5) is 11.4 Å². The van der Waals surface area contributed by atoms with Crippen LogP contribution in [0.15, 0.2) is 18.2 Å². The largest absolute Gasteiger partial charge is 0.382 e. The van der Waals surface area contributed by atoms with Crippen molar-refractivity contribution in [3.05, 3.63) is 23.8 Å². The van der Waals surface area contributed by atoms with Crippen molar-refractivity contribution in [2.75, 3.05) is 23.3 Å². The summed E-state index contributed by atoms with van der Waals surface area (Å²) in [4.78, 5) is 2.63. The number of benzene rings is 1. The van der Waals surface area contributed by atoms with Crippen LogP contribution in [0, 0.1) is 6.92 Å². The van der Waals surface area contributed by atoms with E-state index in [1.165, 1.54) is 49.2 Å². The van der Waals surface area contributed by atoms with Crippen LogP contribution in [0.25, 0.3) is 0 Å². The highest BCUT2D eigenvalue weighted by molar-refractivity contribution is 5.73. The van der Waals surface area contributed by atoms with Gasteiger partial charge in [-0.3, -0.25) is 0 Å². The van der Waals surface area contributed by atoms with E-state index in [-0.39, 0.29) is 0 Å². The molecule has 3 rings (SSSR count). The maximum Gasteiger partial charge on any atom is 0.0607 e. The maximum atomic E-state index is 3.50. The summed E-state index contributed by atoms with van der Waals surface area (Å²) in [6.07, 6.45) is 5.59. The van der Waals surface area contributed by atoms with Gasteiger partial charge in [-0.2, -0.15) is 0 Å². The highest BCUT2D eigenvalue weighted by Gasteiger charge is 2.26. The molecule has 1 aromatic carbocycles. The normalized spacial score (nSPS) is 20.7. The predicted molar refractivity (Wildman–Crippen MR) is 69.3 cm³/mol. The van der Waals surface area contributed by atoms with E-state index in [0.717, 1.165) is 12.6 Å². The van der Waals surface area contributed by atoms with Crippen LogP contribution in [0.5, 0.6) is 0 Å². The summed E-state index contributed by atoms with van der Waals surface area (Å²) < 4.78 is 0. The molecule has 1 heterocycles. The lowest BCUT2D eigenvalue weighted by molar-refractivity contribution is 0.606. The molecule has 86 valence electrons. The number of nitrogens with zero attached hydrogens (tertiary/aromatic N) is 1. The van der Waals surface area contributed by atoms with E-state index < -0.39 is 0 Å². The standard InChI is InChI=1S/C14H20N2/c1-11-6-7-13-14(10-11)16(9-8-15-13)12-4-2-3-5-12/h6-7,10,12,15H,2-5,8-9H2,1H3. The second-order valence-corrected chi connectivity index (χ2v) is 5.08. The van der Waals surface area contributed by atoms with Gasteiger partial charge in [-0.05, 0) is 37.5 Å². The summed E-state index contributed by atoms with van der Waals surface area (Å²) in [6, 6.07) is 7.55. The number of nitrogens with one attached hydrogen (secondary N) is 1. The molecule has 1 fully saturated rings. The van der Waals surface area contributed by atoms with Crippen LogP contribution < -0.4 is 10.2 Å². The quantitative estimate of drug-likeness (QED) is 0.775. The van der Waals surface area contributed by atoms with Crippen LogP contribution >= 0.6 is 0 Å². The van der Waals surface area contributed by atoms with Gasteiger partial charge in [0.2, 0.25) is 0 Å². The van der Waals surface area contributed by atoms with Gasteiger partial charge in [-0.15, -0.1) is 0 Å². The van der Waals surface area contributed by atoms with Crippen molar-refractivity contribution >= 4 is 11.4 Å². The molecule has 2 nitrogen and oxygen atoms in total. The van der Waals surface area contributed by atoms with E-state index in [4.69, 9.17) is 0 Å². The summed E-state index contributed by atoms with van der Waals surface area (Å²) in [7, 11) is 0. The van der Waals surface area contributed by atoms with Crippen molar-refractivity contribution in [1.29, 1.82) is 0 Å². The minimum Gasteiger partial charge on any atom is -0.382 e. The monoisotopic (exact) mass is 216 g/mol. The van der Waals surface area contributed by atoms with E-state index in [1.807, 2.05) is 0 Å². The van der Waals surface area contributed by atoms with E-state index in [9.17, 15) is 0 Å². The van der Waals surface area contributed by atoms with Crippen molar-refractivity contribution in [1.82, 2.24) is 0 Å². The van der Waals surface area contributed by atoms with Crippen LogP contribution in [0.3, 0.4) is 0 Å². The Bertz CT molecular complexity index is 380. The Morgan fingerprint density at radius 2 is 2.06 bits per heavy atom. The fourth-order valence-corrected chi connectivity index (χ4v) is 3.06. The van der Waals surface area contributed by atoms with Gasteiger partial charge in [0.1, 0.15) is 0 Å². The minimum absolute atomic E-state index is 0.794. The van der Waals surface area contributed by atoms with Gasteiger partial charge in [0.15, 0.2) is 0 Å². The van der Waals surface area contributed by atoms with Crippen LogP contribution in [0.2, 0.25) is 0 Å². The Hall–Kier alpha value is -1.18. The van der Waals surface area contributed by atoms with Crippen molar-refractivity contribution in [2.45, 2.75) is 38.6 Å². The van der Waals surface area contributed by atoms with Crippen LogP contribution in [0.1, 0.15) is 31.2 Å². The lowest BCUT2D eigenvalue weighted by Crippen LogP contribution is -2.40. The van der Waals surface area contributed by atoms with Crippen molar-refractivity contribution < 1.29 is 0 Å². The summed E-state index contributed by atoms with van der Waals surface area (Å²) in [5.74, 6) is 0. The first kappa shape index (κ1) is 10.0. The third-order valence-electron chi connectivity index (χ3n) is 3.90. The second-order valence-electron chi connectivity index (χ2n) is 5.08. The molecule has 0 unspecified atom stereocenters. The van der Waals surface area contributed by atoms with E-state index in [0.29, 0.717) is 0 Å². The third-order valence-corrected chi connectivity index (χ3v) is 3.90. The Morgan fingerprint density at radius 3 is 2.88 bits per heavy atom. The van der Waals surface area contributed by atoms with Gasteiger partial charge >= 0.3 is 0 Å². The predicted octanol–water partition coefficient (Wildman–Crippen LogP) is 3.17. The molecule has 2 heteroatoms. The SMILES string of the molecule is Cc1ccc2c(c1)N(C1CCCC1)CCN2. The van der Waals surface area contributed by atoms with Crippen molar-refractivity contribution in [3.63, 3.8) is 0 Å². The molecule has 16 heavy (non-hydrogen) atoms. The smallest absolute Gasteiger partial charge is 0.0607 e. The number of fused-ring (bicyclic) bond motifs is 1. The summed E-state index contributed by atoms with van der Waals surface area (Å²) in [5, 5.41) is 3.50. The fourth-order valence-electron chi connectivity index (χ4n) is 3.06. The zero-order chi connectivity index (χ0) is 11.0. The number of aryl methyl sites for hydroxylation is 1. The first-order valence-electron chi connectivity index (χ1n) is 6.46. The molecule has 1 saturated carbocycles. The van der Waals surface area contributed by atoms with Crippen molar-refractivity contribution in [2.24, 2.45) is 0 Å².